The summed E-state index contributed by atoms with van der Waals surface area (Å²) in [7, 11) is 6.85. The summed E-state index contributed by atoms with van der Waals surface area (Å²) in [5, 5.41) is 0. The van der Waals surface area contributed by atoms with Crippen LogP contribution in [0.2, 0.25) is 0 Å². The molecule has 2 aromatic carbocycles. The molecule has 4 rings (SSSR count). The Balaban J connectivity index is 1.83. The molecule has 2 aliphatic rings. The number of rotatable bonds is 4. The number of nitrogens with zero attached hydrogens (tertiary/aromatic N) is 2. The molecule has 1 saturated heterocycles. The van der Waals surface area contributed by atoms with E-state index in [2.05, 4.69) is 18.0 Å². The van der Waals surface area contributed by atoms with Crippen LogP contribution in [0.25, 0.3) is 0 Å². The van der Waals surface area contributed by atoms with Crippen molar-refractivity contribution >= 4 is 11.7 Å². The van der Waals surface area contributed by atoms with Crippen LogP contribution in [-0.2, 0) is 4.74 Å². The van der Waals surface area contributed by atoms with E-state index in [0.29, 0.717) is 17.2 Å². The van der Waals surface area contributed by atoms with E-state index in [1.807, 2.05) is 18.2 Å². The molecule has 2 aliphatic heterocycles. The van der Waals surface area contributed by atoms with Crippen LogP contribution in [0.1, 0.15) is 39.4 Å². The Hall–Kier alpha value is -2.86. The Bertz CT molecular complexity index is 952. The number of carbonyl (C=O) groups excluding carboxylic acids is 1. The van der Waals surface area contributed by atoms with Gasteiger partial charge in [-0.25, -0.2) is 4.79 Å². The number of ether oxygens (including phenoxy) is 3. The average Bonchev–Trinajstić information content (AvgIpc) is 2.77. The Morgan fingerprint density at radius 1 is 1.07 bits per heavy atom. The second-order valence-corrected chi connectivity index (χ2v) is 7.57. The van der Waals surface area contributed by atoms with Crippen molar-refractivity contribution in [3.8, 4) is 11.5 Å². The number of piperidine rings is 1. The smallest absolute Gasteiger partial charge is 0.337 e. The number of methoxy groups -OCH3 is 3. The van der Waals surface area contributed by atoms with Gasteiger partial charge >= 0.3 is 5.97 Å². The van der Waals surface area contributed by atoms with Crippen LogP contribution in [0.4, 0.5) is 0 Å². The minimum Gasteiger partial charge on any atom is -0.493 e. The van der Waals surface area contributed by atoms with E-state index in [-0.39, 0.29) is 12.0 Å². The molecular formula is C23H26N2O4. The van der Waals surface area contributed by atoms with Crippen LogP contribution in [0.5, 0.6) is 11.5 Å². The lowest BCUT2D eigenvalue weighted by atomic mass is 9.79. The molecule has 0 bridgehead atoms. The van der Waals surface area contributed by atoms with E-state index in [4.69, 9.17) is 19.2 Å². The standard InChI is InChI=1S/C23H26N2O4/c1-25-10-9-19-18(13-25)16-11-20(27-2)21(28-3)12-17(16)22(24-19)14-5-7-15(8-6-14)23(26)29-4/h5-8,11-12,18-19H,9-10,13H2,1-4H3/t18-,19-/m1/s1. The van der Waals surface area contributed by atoms with E-state index >= 15 is 0 Å². The lowest BCUT2D eigenvalue weighted by molar-refractivity contribution is 0.0600. The highest BCUT2D eigenvalue weighted by molar-refractivity contribution is 6.15. The summed E-state index contributed by atoms with van der Waals surface area (Å²) in [4.78, 5) is 19.3. The van der Waals surface area contributed by atoms with Gasteiger partial charge < -0.3 is 19.1 Å². The van der Waals surface area contributed by atoms with Gasteiger partial charge in [0.15, 0.2) is 11.5 Å². The highest BCUT2D eigenvalue weighted by atomic mass is 16.5. The van der Waals surface area contributed by atoms with Crippen molar-refractivity contribution in [1.82, 2.24) is 4.90 Å². The third-order valence-electron chi connectivity index (χ3n) is 5.86. The zero-order chi connectivity index (χ0) is 20.5. The van der Waals surface area contributed by atoms with Crippen LogP contribution in [-0.4, -0.2) is 64.1 Å². The molecule has 2 heterocycles. The maximum Gasteiger partial charge on any atom is 0.337 e. The molecule has 0 saturated carbocycles. The fourth-order valence-electron chi connectivity index (χ4n) is 4.32. The highest BCUT2D eigenvalue weighted by Crippen LogP contribution is 2.42. The Morgan fingerprint density at radius 3 is 2.41 bits per heavy atom. The molecule has 152 valence electrons. The van der Waals surface area contributed by atoms with Crippen LogP contribution in [0, 0.1) is 0 Å². The van der Waals surface area contributed by atoms with E-state index in [1.54, 1.807) is 26.4 Å². The number of hydrogen-bond acceptors (Lipinski definition) is 6. The topological polar surface area (TPSA) is 60.4 Å². The Labute approximate surface area is 171 Å². The van der Waals surface area contributed by atoms with Crippen molar-refractivity contribution < 1.29 is 19.0 Å². The van der Waals surface area contributed by atoms with Crippen molar-refractivity contribution in [3.63, 3.8) is 0 Å². The van der Waals surface area contributed by atoms with Gasteiger partial charge in [0, 0.05) is 23.6 Å². The van der Waals surface area contributed by atoms with Crippen LogP contribution in [0.15, 0.2) is 41.4 Å². The van der Waals surface area contributed by atoms with Gasteiger partial charge in [-0.1, -0.05) is 12.1 Å². The molecule has 0 spiro atoms. The molecule has 0 N–H and O–H groups in total. The Morgan fingerprint density at radius 2 is 1.76 bits per heavy atom. The van der Waals surface area contributed by atoms with E-state index in [1.165, 1.54) is 12.7 Å². The summed E-state index contributed by atoms with van der Waals surface area (Å²) in [5.41, 5.74) is 4.73. The monoisotopic (exact) mass is 394 g/mol. The first kappa shape index (κ1) is 19.5. The number of esters is 1. The van der Waals surface area contributed by atoms with Crippen molar-refractivity contribution in [2.24, 2.45) is 4.99 Å². The van der Waals surface area contributed by atoms with Crippen LogP contribution >= 0.6 is 0 Å². The van der Waals surface area contributed by atoms with Gasteiger partial charge in [0.1, 0.15) is 0 Å². The summed E-state index contributed by atoms with van der Waals surface area (Å²) in [6.07, 6.45) is 1.01. The number of likely N-dealkylation sites (tertiary alicyclic amines) is 1. The molecule has 1 fully saturated rings. The number of hydrogen-bond donors (Lipinski definition) is 0. The normalized spacial score (nSPS) is 20.9. The van der Waals surface area contributed by atoms with Crippen molar-refractivity contribution in [3.05, 3.63) is 58.7 Å². The Kier molecular flexibility index (Phi) is 5.28. The SMILES string of the molecule is COC(=O)c1ccc(C2=N[C@@H]3CCN(C)C[C@@H]3c3cc(OC)c(OC)cc32)cc1. The zero-order valence-corrected chi connectivity index (χ0v) is 17.3. The maximum absolute atomic E-state index is 11.8. The summed E-state index contributed by atoms with van der Waals surface area (Å²) in [5.74, 6) is 1.40. The second-order valence-electron chi connectivity index (χ2n) is 7.57. The fourth-order valence-corrected chi connectivity index (χ4v) is 4.32. The van der Waals surface area contributed by atoms with Crippen LogP contribution in [0.3, 0.4) is 0 Å². The molecule has 2 aromatic rings. The summed E-state index contributed by atoms with van der Waals surface area (Å²) in [6, 6.07) is 11.8. The first-order valence-electron chi connectivity index (χ1n) is 9.77. The lowest BCUT2D eigenvalue weighted by Crippen LogP contribution is -2.41. The fraction of sp³-hybridized carbons (Fsp3) is 0.391. The minimum absolute atomic E-state index is 0.229. The lowest BCUT2D eigenvalue weighted by Gasteiger charge is -2.39. The average molecular weight is 394 g/mol. The van der Waals surface area contributed by atoms with E-state index in [9.17, 15) is 4.79 Å². The summed E-state index contributed by atoms with van der Waals surface area (Å²) < 4.78 is 15.9. The first-order chi connectivity index (χ1) is 14.0. The van der Waals surface area contributed by atoms with Gasteiger partial charge in [0.25, 0.3) is 0 Å². The van der Waals surface area contributed by atoms with Gasteiger partial charge in [-0.15, -0.1) is 0 Å². The summed E-state index contributed by atoms with van der Waals surface area (Å²) in [6.45, 7) is 1.99. The largest absolute Gasteiger partial charge is 0.493 e. The quantitative estimate of drug-likeness (QED) is 0.746. The van der Waals surface area contributed by atoms with Crippen molar-refractivity contribution in [2.75, 3.05) is 41.5 Å². The van der Waals surface area contributed by atoms with Gasteiger partial charge in [-0.2, -0.15) is 0 Å². The second kappa shape index (κ2) is 7.87. The predicted octanol–water partition coefficient (Wildman–Crippen LogP) is 3.13. The number of carbonyl (C=O) groups is 1. The third kappa shape index (κ3) is 3.49. The third-order valence-corrected chi connectivity index (χ3v) is 5.86. The van der Waals surface area contributed by atoms with Gasteiger partial charge in [-0.05, 0) is 49.8 Å². The van der Waals surface area contributed by atoms with E-state index < -0.39 is 0 Å². The number of benzene rings is 2. The molecule has 6 heteroatoms. The maximum atomic E-state index is 11.8. The molecule has 0 amide bonds. The van der Waals surface area contributed by atoms with Crippen molar-refractivity contribution in [2.45, 2.75) is 18.4 Å². The molecule has 0 aliphatic carbocycles. The predicted molar refractivity (Wildman–Crippen MR) is 112 cm³/mol. The first-order valence-corrected chi connectivity index (χ1v) is 9.77. The number of fused-ring (bicyclic) bond motifs is 3. The molecule has 0 radical (unpaired) electrons. The minimum atomic E-state index is -0.343. The number of likely N-dealkylation sites (N-methyl/N-ethyl adjacent to an activating group) is 1. The molecule has 0 unspecified atom stereocenters. The highest BCUT2D eigenvalue weighted by Gasteiger charge is 2.36. The van der Waals surface area contributed by atoms with Crippen LogP contribution < -0.4 is 9.47 Å². The molecular weight excluding hydrogens is 368 g/mol. The molecule has 6 nitrogen and oxygen atoms in total. The summed E-state index contributed by atoms with van der Waals surface area (Å²) >= 11 is 0. The molecule has 0 aromatic heterocycles. The van der Waals surface area contributed by atoms with E-state index in [0.717, 1.165) is 42.1 Å². The zero-order valence-electron chi connectivity index (χ0n) is 17.3. The molecule has 2 atom stereocenters. The number of aliphatic imine (C=N–C) groups is 1. The molecule has 29 heavy (non-hydrogen) atoms. The van der Waals surface area contributed by atoms with Crippen molar-refractivity contribution in [1.29, 1.82) is 0 Å². The van der Waals surface area contributed by atoms with Gasteiger partial charge in [-0.3, -0.25) is 4.99 Å². The van der Waals surface area contributed by atoms with Gasteiger partial charge in [0.2, 0.25) is 0 Å². The van der Waals surface area contributed by atoms with Gasteiger partial charge in [0.05, 0.1) is 38.6 Å².